The van der Waals surface area contributed by atoms with Gasteiger partial charge in [-0.2, -0.15) is 5.26 Å². The summed E-state index contributed by atoms with van der Waals surface area (Å²) in [6.07, 6.45) is 2.91. The van der Waals surface area contributed by atoms with E-state index in [9.17, 15) is 10.1 Å². The van der Waals surface area contributed by atoms with E-state index in [0.717, 1.165) is 28.3 Å². The predicted octanol–water partition coefficient (Wildman–Crippen LogP) is 5.12. The van der Waals surface area contributed by atoms with Crippen LogP contribution in [0.4, 0.5) is 5.13 Å². The maximum atomic E-state index is 12.5. The number of hydrogen-bond acceptors (Lipinski definition) is 8. The van der Waals surface area contributed by atoms with Gasteiger partial charge < -0.3 is 14.2 Å². The zero-order valence-corrected chi connectivity index (χ0v) is 21.1. The summed E-state index contributed by atoms with van der Waals surface area (Å²) in [5, 5.41) is 21.1. The number of ether oxygens (including phenoxy) is 3. The first-order chi connectivity index (χ1) is 16.9. The number of nitrogens with zero attached hydrogens (tertiary/aromatic N) is 3. The third-order valence-corrected chi connectivity index (χ3v) is 6.04. The fraction of sp³-hybridized carbons (Fsp3) is 0.308. The van der Waals surface area contributed by atoms with Crippen LogP contribution in [0, 0.1) is 25.2 Å². The van der Waals surface area contributed by atoms with Gasteiger partial charge in [-0.1, -0.05) is 42.5 Å². The van der Waals surface area contributed by atoms with E-state index in [4.69, 9.17) is 14.2 Å². The van der Waals surface area contributed by atoms with Crippen molar-refractivity contribution in [1.29, 1.82) is 5.26 Å². The third-order valence-electron chi connectivity index (χ3n) is 5.05. The highest BCUT2D eigenvalue weighted by Crippen LogP contribution is 2.29. The smallest absolute Gasteiger partial charge is 0.268 e. The Labute approximate surface area is 209 Å². The summed E-state index contributed by atoms with van der Waals surface area (Å²) in [6, 6.07) is 13.2. The minimum absolute atomic E-state index is 0.0578. The number of rotatable bonds is 11. The zero-order valence-electron chi connectivity index (χ0n) is 20.3. The topological polar surface area (TPSA) is 106 Å². The van der Waals surface area contributed by atoms with Gasteiger partial charge in [0, 0.05) is 6.42 Å². The highest BCUT2D eigenvalue weighted by Gasteiger charge is 2.13. The van der Waals surface area contributed by atoms with Gasteiger partial charge in [0.2, 0.25) is 5.13 Å². The van der Waals surface area contributed by atoms with Crippen LogP contribution in [0.25, 0.3) is 6.08 Å². The summed E-state index contributed by atoms with van der Waals surface area (Å²) in [5.74, 6) is 1.44. The summed E-state index contributed by atoms with van der Waals surface area (Å²) < 4.78 is 17.2. The first-order valence-electron chi connectivity index (χ1n) is 11.2. The van der Waals surface area contributed by atoms with Gasteiger partial charge in [0.15, 0.2) is 11.5 Å². The molecular weight excluding hydrogens is 464 g/mol. The van der Waals surface area contributed by atoms with Crippen LogP contribution < -0.4 is 19.5 Å². The van der Waals surface area contributed by atoms with E-state index in [2.05, 4.69) is 15.5 Å². The predicted molar refractivity (Wildman–Crippen MR) is 136 cm³/mol. The molecule has 1 aromatic heterocycles. The first-order valence-corrected chi connectivity index (χ1v) is 12.0. The molecule has 3 aromatic rings. The summed E-state index contributed by atoms with van der Waals surface area (Å²) in [5.41, 5.74) is 2.79. The standard InChI is InChI=1S/C26H28N4O4S/c1-5-23-29-30-26(35-23)28-25(31)20(16-27)14-19-10-11-21(22(15-19)32-4)33-12-7-13-34-24-17(2)8-6-9-18(24)3/h6,8-11,14-15H,5,7,12-13H2,1-4H3,(H,28,30,31). The maximum absolute atomic E-state index is 12.5. The highest BCUT2D eigenvalue weighted by molar-refractivity contribution is 7.15. The van der Waals surface area contributed by atoms with Crippen LogP contribution in [0.15, 0.2) is 42.0 Å². The molecule has 182 valence electrons. The molecule has 0 aliphatic heterocycles. The van der Waals surface area contributed by atoms with Gasteiger partial charge in [0.1, 0.15) is 22.4 Å². The Morgan fingerprint density at radius 2 is 1.86 bits per heavy atom. The molecule has 0 atom stereocenters. The van der Waals surface area contributed by atoms with Crippen molar-refractivity contribution in [3.63, 3.8) is 0 Å². The molecule has 0 spiro atoms. The fourth-order valence-electron chi connectivity index (χ4n) is 3.26. The fourth-order valence-corrected chi connectivity index (χ4v) is 3.94. The molecule has 0 bridgehead atoms. The molecule has 1 amide bonds. The van der Waals surface area contributed by atoms with Crippen molar-refractivity contribution in [2.45, 2.75) is 33.6 Å². The van der Waals surface area contributed by atoms with E-state index in [-0.39, 0.29) is 5.57 Å². The lowest BCUT2D eigenvalue weighted by molar-refractivity contribution is -0.112. The second-order valence-corrected chi connectivity index (χ2v) is 8.72. The number of nitrogens with one attached hydrogen (secondary N) is 1. The summed E-state index contributed by atoms with van der Waals surface area (Å²) in [6.45, 7) is 6.99. The Hall–Kier alpha value is -3.90. The van der Waals surface area contributed by atoms with Gasteiger partial charge >= 0.3 is 0 Å². The van der Waals surface area contributed by atoms with Gasteiger partial charge in [0.25, 0.3) is 5.91 Å². The number of para-hydroxylation sites is 1. The van der Waals surface area contributed by atoms with Gasteiger partial charge in [0.05, 0.1) is 20.3 Å². The van der Waals surface area contributed by atoms with Crippen molar-refractivity contribution in [1.82, 2.24) is 10.2 Å². The molecule has 0 unspecified atom stereocenters. The lowest BCUT2D eigenvalue weighted by atomic mass is 10.1. The molecule has 0 saturated carbocycles. The van der Waals surface area contributed by atoms with Gasteiger partial charge in [-0.05, 0) is 55.2 Å². The monoisotopic (exact) mass is 492 g/mol. The molecule has 0 aliphatic carbocycles. The van der Waals surface area contributed by atoms with E-state index in [1.54, 1.807) is 25.3 Å². The maximum Gasteiger partial charge on any atom is 0.268 e. The Morgan fingerprint density at radius 1 is 1.11 bits per heavy atom. The Bertz CT molecular complexity index is 1230. The Balaban J connectivity index is 1.58. The van der Waals surface area contributed by atoms with E-state index < -0.39 is 5.91 Å². The van der Waals surface area contributed by atoms with Crippen LogP contribution in [0.5, 0.6) is 17.2 Å². The zero-order chi connectivity index (χ0) is 25.2. The molecule has 2 aromatic carbocycles. The van der Waals surface area contributed by atoms with Crippen molar-refractivity contribution >= 4 is 28.5 Å². The molecule has 0 fully saturated rings. The quantitative estimate of drug-likeness (QED) is 0.225. The van der Waals surface area contributed by atoms with Crippen molar-refractivity contribution in [2.24, 2.45) is 0 Å². The van der Waals surface area contributed by atoms with Crippen LogP contribution in [-0.4, -0.2) is 36.4 Å². The molecule has 0 aliphatic rings. The molecule has 1 N–H and O–H groups in total. The minimum atomic E-state index is -0.547. The highest BCUT2D eigenvalue weighted by atomic mass is 32.1. The summed E-state index contributed by atoms with van der Waals surface area (Å²) >= 11 is 1.28. The molecule has 35 heavy (non-hydrogen) atoms. The number of aryl methyl sites for hydroxylation is 3. The second-order valence-electron chi connectivity index (χ2n) is 7.66. The number of methoxy groups -OCH3 is 1. The summed E-state index contributed by atoms with van der Waals surface area (Å²) in [7, 11) is 1.54. The van der Waals surface area contributed by atoms with Crippen LogP contribution in [0.2, 0.25) is 0 Å². The van der Waals surface area contributed by atoms with Crippen LogP contribution in [0.3, 0.4) is 0 Å². The third kappa shape index (κ3) is 7.04. The Morgan fingerprint density at radius 3 is 2.51 bits per heavy atom. The Kier molecular flexibility index (Phi) is 9.21. The molecule has 0 radical (unpaired) electrons. The SMILES string of the molecule is CCc1nnc(NC(=O)C(C#N)=Cc2ccc(OCCCOc3c(C)cccc3C)c(OC)c2)s1. The van der Waals surface area contributed by atoms with Crippen LogP contribution in [0.1, 0.15) is 35.0 Å². The average molecular weight is 493 g/mol. The molecule has 0 saturated heterocycles. The van der Waals surface area contributed by atoms with Gasteiger partial charge in [-0.15, -0.1) is 10.2 Å². The van der Waals surface area contributed by atoms with Crippen molar-refractivity contribution < 1.29 is 19.0 Å². The second kappa shape index (κ2) is 12.5. The van der Waals surface area contributed by atoms with E-state index in [1.165, 1.54) is 17.4 Å². The number of amides is 1. The molecule has 1 heterocycles. The van der Waals surface area contributed by atoms with E-state index in [0.29, 0.717) is 41.8 Å². The van der Waals surface area contributed by atoms with E-state index >= 15 is 0 Å². The van der Waals surface area contributed by atoms with Gasteiger partial charge in [-0.3, -0.25) is 10.1 Å². The van der Waals surface area contributed by atoms with Crippen molar-refractivity contribution in [2.75, 3.05) is 25.6 Å². The van der Waals surface area contributed by atoms with Crippen LogP contribution >= 0.6 is 11.3 Å². The minimum Gasteiger partial charge on any atom is -0.493 e. The first kappa shape index (κ1) is 25.7. The van der Waals surface area contributed by atoms with Gasteiger partial charge in [-0.25, -0.2) is 0 Å². The molecule has 3 rings (SSSR count). The number of benzene rings is 2. The number of anilines is 1. The normalized spacial score (nSPS) is 11.0. The molecule has 9 heteroatoms. The van der Waals surface area contributed by atoms with Crippen molar-refractivity contribution in [3.05, 3.63) is 63.7 Å². The number of nitriles is 1. The largest absolute Gasteiger partial charge is 0.493 e. The lowest BCUT2D eigenvalue weighted by Gasteiger charge is -2.13. The number of carbonyl (C=O) groups excluding carboxylic acids is 1. The average Bonchev–Trinajstić information content (AvgIpc) is 3.31. The number of hydrogen-bond donors (Lipinski definition) is 1. The summed E-state index contributed by atoms with van der Waals surface area (Å²) in [4.78, 5) is 12.5. The van der Waals surface area contributed by atoms with Crippen molar-refractivity contribution in [3.8, 4) is 23.3 Å². The lowest BCUT2D eigenvalue weighted by Crippen LogP contribution is -2.13. The van der Waals surface area contributed by atoms with E-state index in [1.807, 2.05) is 45.0 Å². The molecular formula is C26H28N4O4S. The number of carbonyl (C=O) groups is 1. The van der Waals surface area contributed by atoms with Crippen LogP contribution in [-0.2, 0) is 11.2 Å². The number of aromatic nitrogens is 2. The molecule has 8 nitrogen and oxygen atoms in total.